The Morgan fingerprint density at radius 3 is 2.38 bits per heavy atom. The van der Waals surface area contributed by atoms with Gasteiger partial charge in [0.05, 0.1) is 33.0 Å². The third-order valence-electron chi connectivity index (χ3n) is 5.36. The number of aromatic nitrogens is 1. The number of para-hydroxylation sites is 1. The molecule has 4 rings (SSSR count). The van der Waals surface area contributed by atoms with Gasteiger partial charge in [0.25, 0.3) is 5.91 Å². The number of benzene rings is 3. The number of hydrogen-bond donors (Lipinski definition) is 0. The zero-order chi connectivity index (χ0) is 22.7. The van der Waals surface area contributed by atoms with Crippen LogP contribution in [-0.2, 0) is 22.8 Å². The standard InChI is InChI=1S/C25H24N2O3S2/c1-3-19-13-10-15-21-23(19)26-25(31-21)27(17-18-11-6-5-7-12-18)24(28)20-14-8-9-16-22(20)32(29,30)4-2/h5-16H,3-4,17H2,1-2H3. The molecule has 0 saturated heterocycles. The summed E-state index contributed by atoms with van der Waals surface area (Å²) < 4.78 is 26.4. The van der Waals surface area contributed by atoms with Crippen LogP contribution in [0.3, 0.4) is 0 Å². The van der Waals surface area contributed by atoms with E-state index in [1.165, 1.54) is 17.4 Å². The maximum absolute atomic E-state index is 13.8. The first kappa shape index (κ1) is 22.2. The number of carbonyl (C=O) groups excluding carboxylic acids is 1. The van der Waals surface area contributed by atoms with Crippen molar-refractivity contribution in [3.8, 4) is 0 Å². The van der Waals surface area contributed by atoms with Crippen LogP contribution >= 0.6 is 11.3 Å². The topological polar surface area (TPSA) is 67.3 Å². The van der Waals surface area contributed by atoms with Crippen molar-refractivity contribution in [2.24, 2.45) is 0 Å². The molecule has 32 heavy (non-hydrogen) atoms. The summed E-state index contributed by atoms with van der Waals surface area (Å²) in [7, 11) is -3.56. The van der Waals surface area contributed by atoms with E-state index in [2.05, 4.69) is 6.92 Å². The summed E-state index contributed by atoms with van der Waals surface area (Å²) in [6, 6.07) is 22.1. The quantitative estimate of drug-likeness (QED) is 0.362. The maximum atomic E-state index is 13.8. The number of aryl methyl sites for hydroxylation is 1. The average molecular weight is 465 g/mol. The van der Waals surface area contributed by atoms with Crippen LogP contribution < -0.4 is 4.90 Å². The second-order valence-electron chi connectivity index (χ2n) is 7.39. The Labute approximate surface area is 192 Å². The van der Waals surface area contributed by atoms with E-state index in [4.69, 9.17) is 4.98 Å². The molecular formula is C25H24N2O3S2. The predicted molar refractivity (Wildman–Crippen MR) is 130 cm³/mol. The number of rotatable bonds is 7. The van der Waals surface area contributed by atoms with E-state index in [9.17, 15) is 13.2 Å². The van der Waals surface area contributed by atoms with Gasteiger partial charge < -0.3 is 0 Å². The number of nitrogens with zero attached hydrogens (tertiary/aromatic N) is 2. The second-order valence-corrected chi connectivity index (χ2v) is 10.6. The lowest BCUT2D eigenvalue weighted by molar-refractivity contribution is 0.0982. The van der Waals surface area contributed by atoms with E-state index in [1.54, 1.807) is 30.0 Å². The van der Waals surface area contributed by atoms with Crippen molar-refractivity contribution in [2.75, 3.05) is 10.7 Å². The largest absolute Gasteiger partial charge is 0.279 e. The molecule has 1 amide bonds. The first-order chi connectivity index (χ1) is 15.4. The van der Waals surface area contributed by atoms with Crippen molar-refractivity contribution in [3.05, 3.63) is 89.5 Å². The number of fused-ring (bicyclic) bond motifs is 1. The Kier molecular flexibility index (Phi) is 6.39. The van der Waals surface area contributed by atoms with Gasteiger partial charge in [0.15, 0.2) is 15.0 Å². The number of hydrogen-bond acceptors (Lipinski definition) is 5. The summed E-state index contributed by atoms with van der Waals surface area (Å²) in [5.74, 6) is -0.449. The Morgan fingerprint density at radius 2 is 1.66 bits per heavy atom. The average Bonchev–Trinajstić information content (AvgIpc) is 3.27. The van der Waals surface area contributed by atoms with E-state index in [0.717, 1.165) is 27.8 Å². The molecule has 1 heterocycles. The van der Waals surface area contributed by atoms with Crippen LogP contribution in [0.15, 0.2) is 77.7 Å². The zero-order valence-corrected chi connectivity index (χ0v) is 19.6. The molecule has 7 heteroatoms. The highest BCUT2D eigenvalue weighted by atomic mass is 32.2. The summed E-state index contributed by atoms with van der Waals surface area (Å²) in [6.07, 6.45) is 0.838. The molecular weight excluding hydrogens is 440 g/mol. The number of sulfone groups is 1. The summed E-state index contributed by atoms with van der Waals surface area (Å²) in [4.78, 5) is 20.2. The first-order valence-corrected chi connectivity index (χ1v) is 13.0. The van der Waals surface area contributed by atoms with Gasteiger partial charge in [-0.25, -0.2) is 13.4 Å². The molecule has 0 saturated carbocycles. The molecule has 0 radical (unpaired) electrons. The lowest BCUT2D eigenvalue weighted by Gasteiger charge is -2.21. The molecule has 0 unspecified atom stereocenters. The predicted octanol–water partition coefficient (Wildman–Crippen LogP) is 5.50. The highest BCUT2D eigenvalue weighted by molar-refractivity contribution is 7.91. The minimum absolute atomic E-state index is 0.0564. The molecule has 5 nitrogen and oxygen atoms in total. The van der Waals surface area contributed by atoms with Gasteiger partial charge in [-0.1, -0.05) is 79.8 Å². The molecule has 0 spiro atoms. The van der Waals surface area contributed by atoms with Gasteiger partial charge in [-0.15, -0.1) is 0 Å². The lowest BCUT2D eigenvalue weighted by Crippen LogP contribution is -2.31. The van der Waals surface area contributed by atoms with E-state index in [0.29, 0.717) is 11.7 Å². The molecule has 0 N–H and O–H groups in total. The third kappa shape index (κ3) is 4.31. The SMILES string of the molecule is CCc1cccc2sc(N(Cc3ccccc3)C(=O)c3ccccc3S(=O)(=O)CC)nc12. The fraction of sp³-hybridized carbons (Fsp3) is 0.200. The van der Waals surface area contributed by atoms with Gasteiger partial charge in [0, 0.05) is 0 Å². The normalized spacial score (nSPS) is 11.6. The fourth-order valence-corrected chi connectivity index (χ4v) is 5.70. The highest BCUT2D eigenvalue weighted by Gasteiger charge is 2.27. The van der Waals surface area contributed by atoms with Gasteiger partial charge >= 0.3 is 0 Å². The second kappa shape index (κ2) is 9.22. The van der Waals surface area contributed by atoms with Crippen LogP contribution in [-0.4, -0.2) is 25.1 Å². The molecule has 0 aliphatic carbocycles. The Balaban J connectivity index is 1.86. The number of amides is 1. The van der Waals surface area contributed by atoms with Gasteiger partial charge in [0.1, 0.15) is 0 Å². The highest BCUT2D eigenvalue weighted by Crippen LogP contribution is 2.33. The van der Waals surface area contributed by atoms with Crippen molar-refractivity contribution in [2.45, 2.75) is 31.7 Å². The Morgan fingerprint density at radius 1 is 0.938 bits per heavy atom. The number of thiazole rings is 1. The molecule has 3 aromatic carbocycles. The monoisotopic (exact) mass is 464 g/mol. The van der Waals surface area contributed by atoms with Crippen LogP contribution in [0.4, 0.5) is 5.13 Å². The summed E-state index contributed by atoms with van der Waals surface area (Å²) in [6.45, 7) is 3.95. The molecule has 0 aliphatic heterocycles. The van der Waals surface area contributed by atoms with E-state index in [1.807, 2.05) is 48.5 Å². The van der Waals surface area contributed by atoms with Crippen LogP contribution in [0.5, 0.6) is 0 Å². The van der Waals surface area contributed by atoms with Crippen molar-refractivity contribution < 1.29 is 13.2 Å². The summed E-state index contributed by atoms with van der Waals surface area (Å²) in [5.41, 5.74) is 3.10. The Hall–Kier alpha value is -3.03. The summed E-state index contributed by atoms with van der Waals surface area (Å²) >= 11 is 1.44. The van der Waals surface area contributed by atoms with Crippen molar-refractivity contribution in [1.29, 1.82) is 0 Å². The summed E-state index contributed by atoms with van der Waals surface area (Å²) in [5, 5.41) is 0.554. The molecule has 0 aliphatic rings. The smallest absolute Gasteiger partial charge is 0.261 e. The van der Waals surface area contributed by atoms with E-state index >= 15 is 0 Å². The van der Waals surface area contributed by atoms with Crippen molar-refractivity contribution in [3.63, 3.8) is 0 Å². The van der Waals surface area contributed by atoms with Gasteiger partial charge in [-0.2, -0.15) is 0 Å². The third-order valence-corrected chi connectivity index (χ3v) is 8.19. The van der Waals surface area contributed by atoms with Gasteiger partial charge in [-0.05, 0) is 35.7 Å². The fourth-order valence-electron chi connectivity index (χ4n) is 3.60. The molecule has 4 aromatic rings. The van der Waals surface area contributed by atoms with Crippen molar-refractivity contribution >= 4 is 42.4 Å². The lowest BCUT2D eigenvalue weighted by atomic mass is 10.1. The molecule has 0 atom stereocenters. The molecule has 164 valence electrons. The minimum atomic E-state index is -3.56. The van der Waals surface area contributed by atoms with E-state index < -0.39 is 9.84 Å². The number of anilines is 1. The molecule has 0 bridgehead atoms. The van der Waals surface area contributed by atoms with Crippen LogP contribution in [0.2, 0.25) is 0 Å². The maximum Gasteiger partial charge on any atom is 0.261 e. The van der Waals surface area contributed by atoms with Gasteiger partial charge in [0.2, 0.25) is 0 Å². The van der Waals surface area contributed by atoms with Gasteiger partial charge in [-0.3, -0.25) is 9.69 Å². The van der Waals surface area contributed by atoms with Crippen LogP contribution in [0, 0.1) is 0 Å². The zero-order valence-electron chi connectivity index (χ0n) is 18.0. The molecule has 0 fully saturated rings. The van der Waals surface area contributed by atoms with Crippen LogP contribution in [0.25, 0.3) is 10.2 Å². The van der Waals surface area contributed by atoms with E-state index in [-0.39, 0.29) is 22.1 Å². The number of carbonyl (C=O) groups is 1. The van der Waals surface area contributed by atoms with Crippen LogP contribution in [0.1, 0.15) is 35.3 Å². The minimum Gasteiger partial charge on any atom is -0.279 e. The molecule has 1 aromatic heterocycles. The first-order valence-electron chi connectivity index (χ1n) is 10.5. The Bertz CT molecular complexity index is 1360. The van der Waals surface area contributed by atoms with Crippen molar-refractivity contribution in [1.82, 2.24) is 4.98 Å².